The lowest BCUT2D eigenvalue weighted by atomic mass is 9.75. The average Bonchev–Trinajstić information content (AvgIpc) is 3.92. The minimum atomic E-state index is -3.83. The first-order chi connectivity index (χ1) is 22.6. The van der Waals surface area contributed by atoms with Crippen LogP contribution in [0.2, 0.25) is 0 Å². The summed E-state index contributed by atoms with van der Waals surface area (Å²) in [6.45, 7) is 3.76. The molecule has 2 aromatic rings. The van der Waals surface area contributed by atoms with Crippen molar-refractivity contribution >= 4 is 32.7 Å². The number of hydrogen-bond donors (Lipinski definition) is 1. The Morgan fingerprint density at radius 2 is 1.74 bits per heavy atom. The lowest BCUT2D eigenvalue weighted by molar-refractivity contribution is -0.141. The Morgan fingerprint density at radius 3 is 2.45 bits per heavy atom. The number of nitrogens with one attached hydrogen (secondary N) is 1. The van der Waals surface area contributed by atoms with E-state index in [9.17, 15) is 18.0 Å². The zero-order valence-corrected chi connectivity index (χ0v) is 28.0. The van der Waals surface area contributed by atoms with Crippen LogP contribution in [-0.4, -0.2) is 71.6 Å². The lowest BCUT2D eigenvalue weighted by Crippen LogP contribution is -2.56. The molecule has 9 rings (SSSR count). The monoisotopic (exact) mass is 658 g/mol. The van der Waals surface area contributed by atoms with Gasteiger partial charge in [0.05, 0.1) is 21.8 Å². The van der Waals surface area contributed by atoms with E-state index in [0.29, 0.717) is 42.7 Å². The predicted molar refractivity (Wildman–Crippen MR) is 178 cm³/mol. The highest BCUT2D eigenvalue weighted by Crippen LogP contribution is 2.55. The molecule has 2 bridgehead atoms. The molecule has 4 atom stereocenters. The van der Waals surface area contributed by atoms with Crippen molar-refractivity contribution in [1.29, 1.82) is 0 Å². The lowest BCUT2D eigenvalue weighted by Gasteiger charge is -2.43. The van der Waals surface area contributed by atoms with Crippen LogP contribution in [0.3, 0.4) is 0 Å². The van der Waals surface area contributed by atoms with E-state index >= 15 is 4.39 Å². The van der Waals surface area contributed by atoms with Crippen molar-refractivity contribution < 1.29 is 22.4 Å². The summed E-state index contributed by atoms with van der Waals surface area (Å²) in [6.07, 6.45) is 13.3. The van der Waals surface area contributed by atoms with E-state index in [4.69, 9.17) is 0 Å². The van der Waals surface area contributed by atoms with Crippen molar-refractivity contribution in [3.05, 3.63) is 69.7 Å². The van der Waals surface area contributed by atoms with Gasteiger partial charge in [0.2, 0.25) is 15.9 Å². The standard InChI is InChI=1S/C37H43FN4O4S/c1-37(15-16-37)47(45,46)39-35(43)33-28-20-41-30(17-27-29(38)14-13-24(34(27)41)21-7-4-3-5-8-21)31-25(32(28)33)9-6-10-26(31)36(44)42-22-11-12-23(42)19-40(2)18-22/h6,9,13-14,17,21-23,26,31H,3-5,7-8,10-12,15-16,18-20H2,1-2H3,(H,39,43)/t22?,23?,26-,31-/m1/s1. The van der Waals surface area contributed by atoms with E-state index in [1.54, 1.807) is 13.0 Å². The quantitative estimate of drug-likeness (QED) is 0.464. The zero-order valence-electron chi connectivity index (χ0n) is 27.2. The number of amides is 2. The van der Waals surface area contributed by atoms with Gasteiger partial charge in [-0.05, 0) is 99.3 Å². The molecule has 248 valence electrons. The molecule has 2 unspecified atom stereocenters. The number of carbonyl (C=O) groups excluding carboxylic acids is 2. The SMILES string of the molecule is CN1CC2CCC(C1)N2C(=O)[C@@H]1CC=CC2=C3C(=C3C(=O)NS(=O)(=O)C3(C)CC3)Cn3c(cc4c(F)ccc(C5CCCCC5)c43)[C@H]21. The third kappa shape index (κ3) is 4.49. The topological polar surface area (TPSA) is 91.7 Å². The molecule has 0 radical (unpaired) electrons. The van der Waals surface area contributed by atoms with E-state index in [1.807, 2.05) is 24.3 Å². The number of aromatic nitrogens is 1. The molecule has 2 saturated carbocycles. The molecular weight excluding hydrogens is 615 g/mol. The number of carbonyl (C=O) groups is 2. The van der Waals surface area contributed by atoms with Crippen molar-refractivity contribution in [3.8, 4) is 0 Å². The molecule has 0 spiro atoms. The number of sulfonamides is 1. The second kappa shape index (κ2) is 10.4. The summed E-state index contributed by atoms with van der Waals surface area (Å²) in [5.74, 6) is -1.16. The Bertz CT molecular complexity index is 1930. The number of likely N-dealkylation sites (tertiary alicyclic amines) is 1. The van der Waals surface area contributed by atoms with Crippen LogP contribution in [-0.2, 0) is 26.2 Å². The average molecular weight is 659 g/mol. The van der Waals surface area contributed by atoms with Gasteiger partial charge in [-0.2, -0.15) is 0 Å². The van der Waals surface area contributed by atoms with Crippen LogP contribution in [0, 0.1) is 11.7 Å². The number of halogens is 1. The van der Waals surface area contributed by atoms with Gasteiger partial charge in [-0.15, -0.1) is 0 Å². The molecule has 1 aromatic carbocycles. The van der Waals surface area contributed by atoms with Gasteiger partial charge in [0.25, 0.3) is 5.91 Å². The van der Waals surface area contributed by atoms with Gasteiger partial charge < -0.3 is 14.4 Å². The largest absolute Gasteiger partial charge is 0.339 e. The van der Waals surface area contributed by atoms with Gasteiger partial charge >= 0.3 is 0 Å². The zero-order chi connectivity index (χ0) is 32.4. The summed E-state index contributed by atoms with van der Waals surface area (Å²) in [6, 6.07) is 5.89. The summed E-state index contributed by atoms with van der Waals surface area (Å²) in [4.78, 5) is 33.0. The first kappa shape index (κ1) is 29.9. The Kier molecular flexibility index (Phi) is 6.60. The predicted octanol–water partition coefficient (Wildman–Crippen LogP) is 5.41. The van der Waals surface area contributed by atoms with Gasteiger partial charge in [-0.1, -0.05) is 37.5 Å². The fourth-order valence-electron chi connectivity index (χ4n) is 9.73. The molecule has 2 saturated heterocycles. The van der Waals surface area contributed by atoms with E-state index < -0.39 is 26.6 Å². The first-order valence-corrected chi connectivity index (χ1v) is 19.1. The molecule has 1 aromatic heterocycles. The van der Waals surface area contributed by atoms with E-state index in [-0.39, 0.29) is 29.7 Å². The van der Waals surface area contributed by atoms with Crippen LogP contribution in [0.25, 0.3) is 10.9 Å². The van der Waals surface area contributed by atoms with Crippen molar-refractivity contribution in [2.24, 2.45) is 5.92 Å². The number of likely N-dealkylation sites (N-methyl/N-ethyl adjacent to an activating group) is 1. The fraction of sp³-hybridized carbons (Fsp3) is 0.568. The van der Waals surface area contributed by atoms with Crippen LogP contribution < -0.4 is 4.72 Å². The minimum absolute atomic E-state index is 0.141. The second-order valence-corrected chi connectivity index (χ2v) is 17.7. The molecule has 10 heteroatoms. The summed E-state index contributed by atoms with van der Waals surface area (Å²) in [5.41, 5.74) is 5.81. The fourth-order valence-corrected chi connectivity index (χ4v) is 11.0. The maximum atomic E-state index is 15.8. The third-order valence-electron chi connectivity index (χ3n) is 12.5. The van der Waals surface area contributed by atoms with Crippen LogP contribution in [0.15, 0.2) is 52.6 Å². The van der Waals surface area contributed by atoms with Crippen LogP contribution >= 0.6 is 0 Å². The molecule has 47 heavy (non-hydrogen) atoms. The number of allylic oxidation sites excluding steroid dienone is 4. The number of fused-ring (bicyclic) bond motifs is 8. The maximum Gasteiger partial charge on any atom is 0.265 e. The third-order valence-corrected chi connectivity index (χ3v) is 14.7. The molecule has 8 nitrogen and oxygen atoms in total. The van der Waals surface area contributed by atoms with E-state index in [2.05, 4.69) is 26.1 Å². The van der Waals surface area contributed by atoms with Crippen molar-refractivity contribution in [2.45, 2.75) is 106 Å². The molecule has 4 fully saturated rings. The summed E-state index contributed by atoms with van der Waals surface area (Å²) in [7, 11) is -1.70. The Labute approximate surface area is 275 Å². The highest BCUT2D eigenvalue weighted by Gasteiger charge is 2.54. The Morgan fingerprint density at radius 1 is 1.02 bits per heavy atom. The van der Waals surface area contributed by atoms with E-state index in [1.165, 1.54) is 6.42 Å². The maximum absolute atomic E-state index is 15.8. The molecular formula is C37H43FN4O4S. The van der Waals surface area contributed by atoms with Gasteiger partial charge in [0.15, 0.2) is 0 Å². The molecule has 3 aliphatic heterocycles. The number of piperazine rings is 1. The van der Waals surface area contributed by atoms with Gasteiger partial charge in [0.1, 0.15) is 5.82 Å². The minimum Gasteiger partial charge on any atom is -0.339 e. The van der Waals surface area contributed by atoms with Crippen LogP contribution in [0.4, 0.5) is 4.39 Å². The number of nitrogens with zero attached hydrogens (tertiary/aromatic N) is 3. The normalized spacial score (nSPS) is 29.8. The Hall–Kier alpha value is -3.24. The first-order valence-electron chi connectivity index (χ1n) is 17.6. The molecule has 1 N–H and O–H groups in total. The molecule has 7 aliphatic rings. The molecule has 4 heterocycles. The summed E-state index contributed by atoms with van der Waals surface area (Å²) in [5, 5.41) is 0.572. The number of benzene rings is 1. The van der Waals surface area contributed by atoms with Crippen molar-refractivity contribution in [1.82, 2.24) is 19.1 Å². The molecule has 4 aliphatic carbocycles. The van der Waals surface area contributed by atoms with Crippen molar-refractivity contribution in [2.75, 3.05) is 20.1 Å². The summed E-state index contributed by atoms with van der Waals surface area (Å²) >= 11 is 0. The van der Waals surface area contributed by atoms with Crippen LogP contribution in [0.5, 0.6) is 0 Å². The number of hydrogen-bond acceptors (Lipinski definition) is 5. The Balaban J connectivity index is 1.19. The van der Waals surface area contributed by atoms with Gasteiger partial charge in [-0.3, -0.25) is 9.59 Å². The molecule has 2 amide bonds. The van der Waals surface area contributed by atoms with Crippen molar-refractivity contribution in [3.63, 3.8) is 0 Å². The highest BCUT2D eigenvalue weighted by atomic mass is 32.2. The summed E-state index contributed by atoms with van der Waals surface area (Å²) < 4.78 is 45.7. The van der Waals surface area contributed by atoms with Gasteiger partial charge in [-0.25, -0.2) is 17.5 Å². The second-order valence-electron chi connectivity index (χ2n) is 15.5. The smallest absolute Gasteiger partial charge is 0.265 e. The van der Waals surface area contributed by atoms with E-state index in [0.717, 1.165) is 85.1 Å². The number of rotatable bonds is 5. The highest BCUT2D eigenvalue weighted by molar-refractivity contribution is 7.91. The van der Waals surface area contributed by atoms with Gasteiger partial charge in [0, 0.05) is 48.7 Å². The van der Waals surface area contributed by atoms with Crippen LogP contribution in [0.1, 0.15) is 94.2 Å².